The normalized spacial score (nSPS) is 25.5. The highest BCUT2D eigenvalue weighted by Crippen LogP contribution is 2.27. The van der Waals surface area contributed by atoms with Crippen molar-refractivity contribution in [3.63, 3.8) is 0 Å². The third-order valence-electron chi connectivity index (χ3n) is 1.58. The van der Waals surface area contributed by atoms with Crippen LogP contribution in [0, 0.1) is 5.92 Å². The molecule has 1 heterocycles. The molecule has 1 aliphatic heterocycles. The molecule has 0 radical (unpaired) electrons. The van der Waals surface area contributed by atoms with Gasteiger partial charge in [0.15, 0.2) is 0 Å². The van der Waals surface area contributed by atoms with Crippen LogP contribution in [-0.2, 0) is 9.53 Å². The summed E-state index contributed by atoms with van der Waals surface area (Å²) in [7, 11) is 0. The summed E-state index contributed by atoms with van der Waals surface area (Å²) in [6.45, 7) is 0.435. The summed E-state index contributed by atoms with van der Waals surface area (Å²) in [6, 6.07) is 0. The minimum atomic E-state index is -3.72. The van der Waals surface area contributed by atoms with Crippen LogP contribution in [-0.4, -0.2) is 24.4 Å². The second kappa shape index (κ2) is 3.03. The van der Waals surface area contributed by atoms with Gasteiger partial charge in [0.1, 0.15) is 0 Å². The molecule has 2 nitrogen and oxygen atoms in total. The van der Waals surface area contributed by atoms with Crippen molar-refractivity contribution in [2.75, 3.05) is 13.2 Å². The highest BCUT2D eigenvalue weighted by molar-refractivity contribution is 6.32. The standard InChI is InChI=1S/C6H7ClF2O2/c7-6(8,9)5(10)4-1-2-11-3-4/h4H,1-3H2. The quantitative estimate of drug-likeness (QED) is 0.607. The molecular formula is C6H7ClF2O2. The minimum absolute atomic E-state index is 0.0706. The second-order valence-electron chi connectivity index (χ2n) is 2.42. The van der Waals surface area contributed by atoms with Gasteiger partial charge in [-0.15, -0.1) is 0 Å². The highest BCUT2D eigenvalue weighted by atomic mass is 35.5. The van der Waals surface area contributed by atoms with Crippen LogP contribution in [0.3, 0.4) is 0 Å². The van der Waals surface area contributed by atoms with Crippen LogP contribution < -0.4 is 0 Å². The number of carbonyl (C=O) groups is 1. The Bertz CT molecular complexity index is 160. The highest BCUT2D eigenvalue weighted by Gasteiger charge is 2.41. The summed E-state index contributed by atoms with van der Waals surface area (Å²) in [5.41, 5.74) is 0. The first-order valence-electron chi connectivity index (χ1n) is 3.20. The fourth-order valence-electron chi connectivity index (χ4n) is 0.973. The zero-order valence-electron chi connectivity index (χ0n) is 5.65. The summed E-state index contributed by atoms with van der Waals surface area (Å²) in [5.74, 6) is -1.95. The Hall–Kier alpha value is -0.220. The molecule has 0 bridgehead atoms. The molecule has 5 heteroatoms. The van der Waals surface area contributed by atoms with Gasteiger partial charge in [0.2, 0.25) is 5.78 Å². The van der Waals surface area contributed by atoms with Crippen LogP contribution in [0.4, 0.5) is 8.78 Å². The zero-order valence-corrected chi connectivity index (χ0v) is 6.40. The Morgan fingerprint density at radius 3 is 2.64 bits per heavy atom. The lowest BCUT2D eigenvalue weighted by Gasteiger charge is -2.09. The lowest BCUT2D eigenvalue weighted by atomic mass is 10.0. The van der Waals surface area contributed by atoms with Gasteiger partial charge in [-0.2, -0.15) is 8.78 Å². The Morgan fingerprint density at radius 1 is 1.64 bits per heavy atom. The molecule has 0 aromatic heterocycles. The number of hydrogen-bond donors (Lipinski definition) is 0. The van der Waals surface area contributed by atoms with E-state index in [4.69, 9.17) is 4.74 Å². The van der Waals surface area contributed by atoms with E-state index in [2.05, 4.69) is 11.6 Å². The van der Waals surface area contributed by atoms with E-state index in [9.17, 15) is 13.6 Å². The number of ketones is 1. The van der Waals surface area contributed by atoms with E-state index in [0.29, 0.717) is 13.0 Å². The average molecular weight is 185 g/mol. The smallest absolute Gasteiger partial charge is 0.380 e. The molecular weight excluding hydrogens is 178 g/mol. The first kappa shape index (κ1) is 8.87. The molecule has 1 aliphatic rings. The van der Waals surface area contributed by atoms with Gasteiger partial charge in [0, 0.05) is 6.61 Å². The number of carbonyl (C=O) groups excluding carboxylic acids is 1. The second-order valence-corrected chi connectivity index (χ2v) is 2.90. The lowest BCUT2D eigenvalue weighted by molar-refractivity contribution is -0.137. The van der Waals surface area contributed by atoms with Crippen LogP contribution in [0.15, 0.2) is 0 Å². The Morgan fingerprint density at radius 2 is 2.27 bits per heavy atom. The first-order valence-corrected chi connectivity index (χ1v) is 3.58. The molecule has 0 aliphatic carbocycles. The molecule has 1 saturated heterocycles. The molecule has 0 saturated carbocycles. The van der Waals surface area contributed by atoms with Crippen molar-refractivity contribution in [3.05, 3.63) is 0 Å². The summed E-state index contributed by atoms with van der Waals surface area (Å²) >= 11 is 4.53. The van der Waals surface area contributed by atoms with E-state index in [1.807, 2.05) is 0 Å². The first-order chi connectivity index (χ1) is 5.02. The van der Waals surface area contributed by atoms with E-state index in [0.717, 1.165) is 0 Å². The van der Waals surface area contributed by atoms with Crippen LogP contribution in [0.25, 0.3) is 0 Å². The molecule has 64 valence electrons. The number of hydrogen-bond acceptors (Lipinski definition) is 2. The number of rotatable bonds is 2. The van der Waals surface area contributed by atoms with Crippen molar-refractivity contribution < 1.29 is 18.3 Å². The van der Waals surface area contributed by atoms with E-state index in [-0.39, 0.29) is 6.61 Å². The summed E-state index contributed by atoms with van der Waals surface area (Å²) in [5, 5.41) is -3.72. The largest absolute Gasteiger partial charge is 0.381 e. The molecule has 0 amide bonds. The van der Waals surface area contributed by atoms with Crippen molar-refractivity contribution in [1.82, 2.24) is 0 Å². The van der Waals surface area contributed by atoms with Crippen molar-refractivity contribution in [3.8, 4) is 0 Å². The maximum absolute atomic E-state index is 12.1. The molecule has 1 atom stereocenters. The van der Waals surface area contributed by atoms with Gasteiger partial charge in [0.05, 0.1) is 12.5 Å². The van der Waals surface area contributed by atoms with Crippen LogP contribution >= 0.6 is 11.6 Å². The Balaban J connectivity index is 2.53. The Kier molecular flexibility index (Phi) is 2.44. The monoisotopic (exact) mass is 184 g/mol. The minimum Gasteiger partial charge on any atom is -0.381 e. The van der Waals surface area contributed by atoms with Gasteiger partial charge in [0.25, 0.3) is 0 Å². The van der Waals surface area contributed by atoms with Gasteiger partial charge in [-0.1, -0.05) is 0 Å². The maximum atomic E-state index is 12.1. The van der Waals surface area contributed by atoms with Crippen molar-refractivity contribution in [2.45, 2.75) is 11.8 Å². The Labute approximate surface area is 67.5 Å². The molecule has 1 fully saturated rings. The molecule has 0 aromatic rings. The average Bonchev–Trinajstić information content (AvgIpc) is 2.34. The van der Waals surface area contributed by atoms with Crippen molar-refractivity contribution in [1.29, 1.82) is 0 Å². The molecule has 0 spiro atoms. The maximum Gasteiger partial charge on any atom is 0.380 e. The van der Waals surface area contributed by atoms with Gasteiger partial charge >= 0.3 is 5.38 Å². The molecule has 1 unspecified atom stereocenters. The summed E-state index contributed by atoms with van der Waals surface area (Å²) in [4.78, 5) is 10.7. The van der Waals surface area contributed by atoms with E-state index >= 15 is 0 Å². The fourth-order valence-corrected chi connectivity index (χ4v) is 1.13. The van der Waals surface area contributed by atoms with E-state index in [1.54, 1.807) is 0 Å². The number of alkyl halides is 3. The predicted molar refractivity (Wildman–Crippen MR) is 34.7 cm³/mol. The van der Waals surface area contributed by atoms with Gasteiger partial charge in [-0.3, -0.25) is 4.79 Å². The number of halogens is 3. The van der Waals surface area contributed by atoms with Gasteiger partial charge in [-0.05, 0) is 18.0 Å². The molecule has 0 aromatic carbocycles. The third-order valence-corrected chi connectivity index (χ3v) is 1.77. The topological polar surface area (TPSA) is 26.3 Å². The van der Waals surface area contributed by atoms with E-state index in [1.165, 1.54) is 0 Å². The SMILES string of the molecule is O=C(C1CCOC1)C(F)(F)Cl. The lowest BCUT2D eigenvalue weighted by Crippen LogP contribution is -2.29. The van der Waals surface area contributed by atoms with Crippen LogP contribution in [0.1, 0.15) is 6.42 Å². The van der Waals surface area contributed by atoms with Crippen LogP contribution in [0.2, 0.25) is 0 Å². The van der Waals surface area contributed by atoms with Crippen LogP contribution in [0.5, 0.6) is 0 Å². The number of Topliss-reactive ketones (excluding diaryl/α,β-unsaturated/α-hetero) is 1. The van der Waals surface area contributed by atoms with Crippen molar-refractivity contribution in [2.24, 2.45) is 5.92 Å². The predicted octanol–water partition coefficient (Wildman–Crippen LogP) is 1.42. The van der Waals surface area contributed by atoms with Gasteiger partial charge < -0.3 is 4.74 Å². The molecule has 0 N–H and O–H groups in total. The fraction of sp³-hybridized carbons (Fsp3) is 0.833. The molecule has 1 rings (SSSR count). The summed E-state index contributed by atoms with van der Waals surface area (Å²) in [6.07, 6.45) is 0.348. The number of ether oxygens (including phenoxy) is 1. The third kappa shape index (κ3) is 2.10. The van der Waals surface area contributed by atoms with Crippen molar-refractivity contribution >= 4 is 17.4 Å². The summed E-state index contributed by atoms with van der Waals surface area (Å²) < 4.78 is 29.0. The van der Waals surface area contributed by atoms with E-state index < -0.39 is 17.1 Å². The molecule has 11 heavy (non-hydrogen) atoms. The van der Waals surface area contributed by atoms with Gasteiger partial charge in [-0.25, -0.2) is 0 Å². The zero-order chi connectivity index (χ0) is 8.48.